The van der Waals surface area contributed by atoms with Crippen LogP contribution in [0.2, 0.25) is 0 Å². The van der Waals surface area contributed by atoms with Crippen LogP contribution in [0, 0.1) is 11.3 Å². The van der Waals surface area contributed by atoms with Gasteiger partial charge in [-0.3, -0.25) is 4.57 Å². The van der Waals surface area contributed by atoms with Crippen LogP contribution in [-0.4, -0.2) is 24.1 Å². The van der Waals surface area contributed by atoms with E-state index in [9.17, 15) is 5.26 Å². The maximum absolute atomic E-state index is 10.8. The van der Waals surface area contributed by atoms with E-state index in [-0.39, 0.29) is 16.2 Å². The summed E-state index contributed by atoms with van der Waals surface area (Å²) in [5, 5.41) is 15.4. The Kier molecular flexibility index (Phi) is 8.46. The highest BCUT2D eigenvalue weighted by molar-refractivity contribution is 6.10. The number of hydrogen-bond acceptors (Lipinski definition) is 4. The van der Waals surface area contributed by atoms with E-state index in [0.29, 0.717) is 23.2 Å². The smallest absolute Gasteiger partial charge is 0.238 e. The number of rotatable bonds is 4. The van der Waals surface area contributed by atoms with Gasteiger partial charge in [-0.25, -0.2) is 4.98 Å². The Bertz CT molecular complexity index is 3050. The fourth-order valence-electron chi connectivity index (χ4n) is 8.14. The van der Waals surface area contributed by atoms with Gasteiger partial charge in [0.25, 0.3) is 0 Å². The Labute approximate surface area is 340 Å². The fourth-order valence-corrected chi connectivity index (χ4v) is 8.14. The predicted octanol–water partition coefficient (Wildman–Crippen LogP) is 13.2. The van der Waals surface area contributed by atoms with Gasteiger partial charge in [-0.05, 0) is 93.6 Å². The molecule has 0 N–H and O–H groups in total. The summed E-state index contributed by atoms with van der Waals surface area (Å²) in [4.78, 5) is 15.5. The van der Waals surface area contributed by atoms with Crippen molar-refractivity contribution in [3.8, 4) is 40.5 Å². The summed E-state index contributed by atoms with van der Waals surface area (Å²) in [6, 6.07) is 47.2. The Morgan fingerprint density at radius 1 is 0.431 bits per heavy atom. The molecule has 0 bridgehead atoms. The summed E-state index contributed by atoms with van der Waals surface area (Å²) in [6.07, 6.45) is 0. The summed E-state index contributed by atoms with van der Waals surface area (Å²) in [5.74, 6) is 1.58. The molecule has 3 aromatic heterocycles. The zero-order valence-corrected chi connectivity index (χ0v) is 34.8. The first kappa shape index (κ1) is 37.0. The maximum atomic E-state index is 10.8. The minimum atomic E-state index is -0.0235. The van der Waals surface area contributed by atoms with Crippen LogP contribution in [0.25, 0.3) is 78.0 Å². The Morgan fingerprint density at radius 3 is 1.43 bits per heavy atom. The van der Waals surface area contributed by atoms with Gasteiger partial charge in [-0.1, -0.05) is 129 Å². The van der Waals surface area contributed by atoms with E-state index in [2.05, 4.69) is 156 Å². The van der Waals surface area contributed by atoms with E-state index in [4.69, 9.17) is 15.0 Å². The molecule has 0 aliphatic heterocycles. The van der Waals surface area contributed by atoms with Gasteiger partial charge in [0.2, 0.25) is 5.95 Å². The van der Waals surface area contributed by atoms with E-state index < -0.39 is 0 Å². The summed E-state index contributed by atoms with van der Waals surface area (Å²) < 4.78 is 4.38. The van der Waals surface area contributed by atoms with Crippen LogP contribution < -0.4 is 0 Å². The lowest BCUT2D eigenvalue weighted by Crippen LogP contribution is -2.10. The normalized spacial score (nSPS) is 12.6. The van der Waals surface area contributed by atoms with Gasteiger partial charge < -0.3 is 4.57 Å². The molecule has 6 nitrogen and oxygen atoms in total. The second kappa shape index (κ2) is 13.2. The molecule has 0 saturated carbocycles. The molecule has 0 saturated heterocycles. The largest absolute Gasteiger partial charge is 0.308 e. The standard InChI is InChI=1S/C52H48N6/c1-50(2,3)35-20-24-44-39(28-35)38-17-13-14-18-43(38)57(44)42-23-19-33(27-34(42)31-53)48-54-47(32-15-11-10-12-16-32)55-49(56-48)58-45-25-21-36(51(4,5)6)29-40(45)41-30-37(52(7,8)9)22-26-46(41)58/h10-30H,1-9H3. The van der Waals surface area contributed by atoms with Gasteiger partial charge in [0.15, 0.2) is 11.6 Å². The second-order valence-corrected chi connectivity index (χ2v) is 18.6. The van der Waals surface area contributed by atoms with Crippen molar-refractivity contribution >= 4 is 43.6 Å². The van der Waals surface area contributed by atoms with E-state index in [0.717, 1.165) is 55.0 Å². The molecule has 0 spiro atoms. The number of nitrogens with zero attached hydrogens (tertiary/aromatic N) is 6. The minimum Gasteiger partial charge on any atom is -0.308 e. The summed E-state index contributed by atoms with van der Waals surface area (Å²) in [5.41, 5.74) is 10.9. The maximum Gasteiger partial charge on any atom is 0.238 e. The molecule has 0 fully saturated rings. The van der Waals surface area contributed by atoms with Gasteiger partial charge in [0.05, 0.1) is 33.3 Å². The van der Waals surface area contributed by atoms with Gasteiger partial charge in [-0.15, -0.1) is 0 Å². The first-order valence-corrected chi connectivity index (χ1v) is 20.1. The third-order valence-electron chi connectivity index (χ3n) is 11.5. The number of benzene rings is 6. The molecular weight excluding hydrogens is 709 g/mol. The molecule has 0 radical (unpaired) electrons. The first-order chi connectivity index (χ1) is 27.6. The Balaban J connectivity index is 1.27. The van der Waals surface area contributed by atoms with Crippen molar-refractivity contribution in [2.45, 2.75) is 78.6 Å². The zero-order valence-electron chi connectivity index (χ0n) is 34.8. The first-order valence-electron chi connectivity index (χ1n) is 20.1. The molecule has 3 heterocycles. The third-order valence-corrected chi connectivity index (χ3v) is 11.5. The van der Waals surface area contributed by atoms with Crippen LogP contribution in [0.5, 0.6) is 0 Å². The zero-order chi connectivity index (χ0) is 40.7. The molecule has 0 amide bonds. The molecule has 6 aromatic carbocycles. The number of nitriles is 1. The number of hydrogen-bond donors (Lipinski definition) is 0. The van der Waals surface area contributed by atoms with Gasteiger partial charge >= 0.3 is 0 Å². The number of aromatic nitrogens is 5. The number of fused-ring (bicyclic) bond motifs is 6. The summed E-state index contributed by atoms with van der Waals surface area (Å²) in [6.45, 7) is 20.2. The molecule has 0 atom stereocenters. The van der Waals surface area contributed by atoms with Crippen LogP contribution in [0.15, 0.2) is 127 Å². The van der Waals surface area contributed by atoms with E-state index in [1.165, 1.54) is 22.1 Å². The van der Waals surface area contributed by atoms with Gasteiger partial charge in [-0.2, -0.15) is 15.2 Å². The van der Waals surface area contributed by atoms with E-state index >= 15 is 0 Å². The molecule has 0 unspecified atom stereocenters. The molecule has 6 heteroatoms. The lowest BCUT2D eigenvalue weighted by Gasteiger charge is -2.19. The highest BCUT2D eigenvalue weighted by Gasteiger charge is 2.24. The highest BCUT2D eigenvalue weighted by Crippen LogP contribution is 2.39. The molecule has 9 rings (SSSR count). The summed E-state index contributed by atoms with van der Waals surface area (Å²) >= 11 is 0. The van der Waals surface area contributed by atoms with Crippen LogP contribution in [-0.2, 0) is 16.2 Å². The summed E-state index contributed by atoms with van der Waals surface area (Å²) in [7, 11) is 0. The van der Waals surface area contributed by atoms with Crippen LogP contribution in [0.3, 0.4) is 0 Å². The average Bonchev–Trinajstić information content (AvgIpc) is 3.71. The van der Waals surface area contributed by atoms with Gasteiger partial charge in [0, 0.05) is 32.7 Å². The quantitative estimate of drug-likeness (QED) is 0.179. The van der Waals surface area contributed by atoms with Crippen molar-refractivity contribution < 1.29 is 0 Å². The van der Waals surface area contributed by atoms with Crippen LogP contribution >= 0.6 is 0 Å². The molecule has 286 valence electrons. The van der Waals surface area contributed by atoms with Crippen molar-refractivity contribution in [3.05, 3.63) is 150 Å². The Hall–Kier alpha value is -6.58. The molecule has 0 aliphatic rings. The van der Waals surface area contributed by atoms with Crippen molar-refractivity contribution in [1.29, 1.82) is 5.26 Å². The third kappa shape index (κ3) is 6.23. The highest BCUT2D eigenvalue weighted by atomic mass is 15.2. The Morgan fingerprint density at radius 2 is 0.897 bits per heavy atom. The SMILES string of the molecule is CC(C)(C)c1ccc2c(c1)c1cc(C(C)(C)C)ccc1n2-c1nc(-c2ccccc2)nc(-c2ccc(-n3c4ccccc4c4cc(C(C)(C)C)ccc43)c(C#N)c2)n1. The fraction of sp³-hybridized carbons (Fsp3) is 0.231. The second-order valence-electron chi connectivity index (χ2n) is 18.6. The lowest BCUT2D eigenvalue weighted by atomic mass is 9.85. The van der Waals surface area contributed by atoms with Crippen molar-refractivity contribution in [1.82, 2.24) is 24.1 Å². The topological polar surface area (TPSA) is 72.3 Å². The predicted molar refractivity (Wildman–Crippen MR) is 240 cm³/mol. The van der Waals surface area contributed by atoms with Gasteiger partial charge in [0.1, 0.15) is 6.07 Å². The van der Waals surface area contributed by atoms with Crippen molar-refractivity contribution in [2.75, 3.05) is 0 Å². The van der Waals surface area contributed by atoms with Crippen molar-refractivity contribution in [3.63, 3.8) is 0 Å². The van der Waals surface area contributed by atoms with E-state index in [1.54, 1.807) is 0 Å². The minimum absolute atomic E-state index is 0.00279. The van der Waals surface area contributed by atoms with Crippen molar-refractivity contribution in [2.24, 2.45) is 0 Å². The molecule has 0 aliphatic carbocycles. The molecule has 58 heavy (non-hydrogen) atoms. The average molecular weight is 757 g/mol. The number of para-hydroxylation sites is 1. The van der Waals surface area contributed by atoms with Crippen LogP contribution in [0.4, 0.5) is 0 Å². The molecular formula is C52H48N6. The van der Waals surface area contributed by atoms with E-state index in [1.807, 2.05) is 48.5 Å². The van der Waals surface area contributed by atoms with Crippen LogP contribution in [0.1, 0.15) is 84.6 Å². The lowest BCUT2D eigenvalue weighted by molar-refractivity contribution is 0.590. The molecule has 9 aromatic rings. The monoisotopic (exact) mass is 756 g/mol.